The summed E-state index contributed by atoms with van der Waals surface area (Å²) < 4.78 is 27.6. The Bertz CT molecular complexity index is 3240. The molecule has 0 spiro atoms. The summed E-state index contributed by atoms with van der Waals surface area (Å²) in [5.74, 6) is -34.4. The molecule has 4 atom stereocenters. The van der Waals surface area contributed by atoms with E-state index in [2.05, 4.69) is 0 Å². The number of aromatic hydroxyl groups is 15. The first kappa shape index (κ1) is 42.4. The van der Waals surface area contributed by atoms with Crippen molar-refractivity contribution < 1.29 is 129 Å². The van der Waals surface area contributed by atoms with Crippen LogP contribution in [-0.4, -0.2) is 143 Å². The molecule has 0 saturated carbocycles. The standard InChI is InChI=1S/C41H24O26/c42-8-1-5-12(24(48)21(8)45)13-6(2-9(43)22(46)25(13)49)39(60)65-34-11(4-63-37(5)58)64-38(59)7-3-10(44)23(47)26(50)14(7)15-18-16(28(52)32(56)27(15)51)17-19-20(30(54)33(57)29(17)53)31(55)35(66-41(19)62)36(34)67-40(18)61/h1-3,11,34-36,42-54,56-57H,4H2. The smallest absolute Gasteiger partial charge is 0.340 e. The van der Waals surface area contributed by atoms with Crippen LogP contribution in [0.25, 0.3) is 33.4 Å². The first-order chi connectivity index (χ1) is 31.5. The van der Waals surface area contributed by atoms with Gasteiger partial charge in [-0.1, -0.05) is 0 Å². The number of ketones is 1. The number of benzene rings is 5. The van der Waals surface area contributed by atoms with Gasteiger partial charge in [0.1, 0.15) is 6.61 Å². The Balaban J connectivity index is 1.44. The van der Waals surface area contributed by atoms with Crippen LogP contribution in [0.4, 0.5) is 0 Å². The van der Waals surface area contributed by atoms with Gasteiger partial charge in [0.05, 0.1) is 33.4 Å². The number of Topliss-reactive ketones (excluding diaryl/α,β-unsaturated/α-hetero) is 1. The van der Waals surface area contributed by atoms with Gasteiger partial charge in [-0.05, 0) is 18.2 Å². The van der Waals surface area contributed by atoms with Gasteiger partial charge < -0.3 is 100 Å². The number of carbonyl (C=O) groups excluding carboxylic acids is 6. The van der Waals surface area contributed by atoms with Crippen LogP contribution in [0.15, 0.2) is 18.2 Å². The van der Waals surface area contributed by atoms with E-state index < -0.39 is 220 Å². The van der Waals surface area contributed by atoms with Gasteiger partial charge in [0, 0.05) is 33.4 Å². The van der Waals surface area contributed by atoms with Crippen molar-refractivity contribution in [2.45, 2.75) is 24.4 Å². The van der Waals surface area contributed by atoms with Gasteiger partial charge in [-0.3, -0.25) is 4.79 Å². The Labute approximate surface area is 366 Å². The van der Waals surface area contributed by atoms with Crippen molar-refractivity contribution in [3.05, 3.63) is 51.6 Å². The van der Waals surface area contributed by atoms with Gasteiger partial charge in [0.25, 0.3) is 0 Å². The van der Waals surface area contributed by atoms with E-state index in [-0.39, 0.29) is 0 Å². The minimum Gasteiger partial charge on any atom is -0.504 e. The first-order valence-corrected chi connectivity index (χ1v) is 18.5. The third kappa shape index (κ3) is 5.61. The molecule has 10 rings (SSSR count). The van der Waals surface area contributed by atoms with Crippen LogP contribution in [0.1, 0.15) is 62.1 Å². The number of ether oxygens (including phenoxy) is 5. The molecule has 5 aliphatic heterocycles. The number of fused-ring (bicyclic) bond motifs is 7. The Morgan fingerprint density at radius 2 is 0.672 bits per heavy atom. The Morgan fingerprint density at radius 3 is 1.15 bits per heavy atom. The first-order valence-electron chi connectivity index (χ1n) is 18.5. The largest absolute Gasteiger partial charge is 0.504 e. The second kappa shape index (κ2) is 14.1. The van der Waals surface area contributed by atoms with E-state index in [4.69, 9.17) is 23.7 Å². The average molecular weight is 933 g/mol. The lowest BCUT2D eigenvalue weighted by atomic mass is 9.81. The van der Waals surface area contributed by atoms with Gasteiger partial charge in [-0.25, -0.2) is 24.0 Å². The van der Waals surface area contributed by atoms with Crippen molar-refractivity contribution in [2.75, 3.05) is 6.61 Å². The molecule has 5 aromatic carbocycles. The zero-order chi connectivity index (χ0) is 48.7. The number of cyclic esters (lactones) is 1. The Morgan fingerprint density at radius 1 is 0.328 bits per heavy atom. The summed E-state index contributed by atoms with van der Waals surface area (Å²) in [7, 11) is 0. The fraction of sp³-hybridized carbons (Fsp3) is 0.122. The second-order valence-electron chi connectivity index (χ2n) is 14.9. The topological polar surface area (TPSA) is 452 Å². The summed E-state index contributed by atoms with van der Waals surface area (Å²) in [6, 6.07) is 1.03. The Kier molecular flexibility index (Phi) is 8.90. The van der Waals surface area contributed by atoms with Crippen LogP contribution in [0.5, 0.6) is 86.2 Å². The SMILES string of the molecule is O=C1OCC2OC(=O)c3cc(O)c(O)c(O)c3-c3c(O)c(O)c(O)c4c3C(=O)OC(C3OC(=O)c5c(c(O)c(O)c(O)c5-4)C3=O)C2OC(=O)c2cc(O)c(O)c(O)c2-c2c1cc(O)c(O)c2O. The maximum atomic E-state index is 15.0. The minimum atomic E-state index is -2.89. The van der Waals surface area contributed by atoms with Crippen molar-refractivity contribution >= 4 is 35.6 Å². The highest BCUT2D eigenvalue weighted by Crippen LogP contribution is 2.61. The molecule has 4 unspecified atom stereocenters. The van der Waals surface area contributed by atoms with Crippen LogP contribution in [-0.2, 0) is 23.7 Å². The van der Waals surface area contributed by atoms with Crippen molar-refractivity contribution in [1.82, 2.24) is 0 Å². The summed E-state index contributed by atoms with van der Waals surface area (Å²) in [5.41, 5.74) is -15.5. The molecule has 15 N–H and O–H groups in total. The molecule has 5 aliphatic rings. The van der Waals surface area contributed by atoms with Gasteiger partial charge >= 0.3 is 29.8 Å². The average Bonchev–Trinajstić information content (AvgIpc) is 3.30. The zero-order valence-corrected chi connectivity index (χ0v) is 32.4. The van der Waals surface area contributed by atoms with E-state index in [1.807, 2.05) is 0 Å². The molecule has 5 aromatic rings. The summed E-state index contributed by atoms with van der Waals surface area (Å²) in [5, 5.41) is 164. The highest BCUT2D eigenvalue weighted by atomic mass is 16.6. The molecule has 5 heterocycles. The lowest BCUT2D eigenvalue weighted by Crippen LogP contribution is -2.57. The summed E-state index contributed by atoms with van der Waals surface area (Å²) in [4.78, 5) is 86.8. The maximum Gasteiger partial charge on any atom is 0.340 e. The van der Waals surface area contributed by atoms with Crippen LogP contribution >= 0.6 is 0 Å². The molecule has 0 aliphatic carbocycles. The van der Waals surface area contributed by atoms with Crippen LogP contribution < -0.4 is 0 Å². The van der Waals surface area contributed by atoms with E-state index in [1.54, 1.807) is 0 Å². The van der Waals surface area contributed by atoms with Gasteiger partial charge in [0.15, 0.2) is 75.8 Å². The summed E-state index contributed by atoms with van der Waals surface area (Å²) >= 11 is 0. The zero-order valence-electron chi connectivity index (χ0n) is 32.4. The molecule has 26 nitrogen and oxygen atoms in total. The highest BCUT2D eigenvalue weighted by Gasteiger charge is 2.55. The van der Waals surface area contributed by atoms with Crippen LogP contribution in [0.2, 0.25) is 0 Å². The number of hydrogen-bond donors (Lipinski definition) is 15. The van der Waals surface area contributed by atoms with E-state index in [1.165, 1.54) is 0 Å². The van der Waals surface area contributed by atoms with Crippen LogP contribution in [0, 0.1) is 0 Å². The Hall–Kier alpha value is -9.88. The van der Waals surface area contributed by atoms with Crippen molar-refractivity contribution in [1.29, 1.82) is 0 Å². The van der Waals surface area contributed by atoms with E-state index in [0.717, 1.165) is 0 Å². The quantitative estimate of drug-likeness (QED) is 0.0594. The summed E-state index contributed by atoms with van der Waals surface area (Å²) in [6.45, 7) is -1.54. The number of hydrogen-bond acceptors (Lipinski definition) is 26. The molecular weight excluding hydrogens is 908 g/mol. The molecule has 0 fully saturated rings. The fourth-order valence-electron chi connectivity index (χ4n) is 8.22. The normalized spacial score (nSPS) is 19.5. The molecular formula is C41H24O26. The van der Waals surface area contributed by atoms with Crippen molar-refractivity contribution in [3.8, 4) is 120 Å². The van der Waals surface area contributed by atoms with Gasteiger partial charge in [-0.2, -0.15) is 0 Å². The molecule has 0 saturated heterocycles. The molecule has 26 heteroatoms. The molecule has 344 valence electrons. The number of phenolic OH excluding ortho intramolecular Hbond substituents is 15. The number of esters is 5. The number of rotatable bonds is 0. The van der Waals surface area contributed by atoms with Gasteiger partial charge in [-0.15, -0.1) is 0 Å². The summed E-state index contributed by atoms with van der Waals surface area (Å²) in [6.07, 6.45) is -11.2. The molecule has 0 amide bonds. The van der Waals surface area contributed by atoms with Crippen molar-refractivity contribution in [3.63, 3.8) is 0 Å². The predicted molar refractivity (Wildman–Crippen MR) is 206 cm³/mol. The van der Waals surface area contributed by atoms with Crippen molar-refractivity contribution in [2.24, 2.45) is 0 Å². The lowest BCUT2D eigenvalue weighted by molar-refractivity contribution is -0.124. The van der Waals surface area contributed by atoms with E-state index >= 15 is 0 Å². The molecule has 0 radical (unpaired) electrons. The number of phenols is 15. The van der Waals surface area contributed by atoms with E-state index in [9.17, 15) is 105 Å². The molecule has 0 aromatic heterocycles. The lowest BCUT2D eigenvalue weighted by Gasteiger charge is -2.38. The predicted octanol–water partition coefficient (Wildman–Crippen LogP) is 1.47. The highest BCUT2D eigenvalue weighted by molar-refractivity contribution is 6.22. The fourth-order valence-corrected chi connectivity index (χ4v) is 8.22. The second-order valence-corrected chi connectivity index (χ2v) is 14.9. The van der Waals surface area contributed by atoms with Gasteiger partial charge in [0.2, 0.25) is 40.6 Å². The van der Waals surface area contributed by atoms with Crippen LogP contribution in [0.3, 0.4) is 0 Å². The molecule has 6 bridgehead atoms. The minimum absolute atomic E-state index is 0.309. The maximum absolute atomic E-state index is 15.0. The monoisotopic (exact) mass is 932 g/mol. The number of carbonyl (C=O) groups is 6. The van der Waals surface area contributed by atoms with E-state index in [0.29, 0.717) is 18.2 Å². The third-order valence-corrected chi connectivity index (χ3v) is 11.3. The third-order valence-electron chi connectivity index (χ3n) is 11.3. The molecule has 67 heavy (non-hydrogen) atoms.